The lowest BCUT2D eigenvalue weighted by Crippen LogP contribution is -2.77. The van der Waals surface area contributed by atoms with Crippen LogP contribution in [0.1, 0.15) is 17.3 Å². The number of aromatic nitrogens is 3. The van der Waals surface area contributed by atoms with Crippen LogP contribution in [0.5, 0.6) is 0 Å². The van der Waals surface area contributed by atoms with E-state index in [1.807, 2.05) is 85.2 Å². The molecule has 57 heavy (non-hydrogen) atoms. The minimum absolute atomic E-state index is 0.584. The topological polar surface area (TPSA) is 34.0 Å². The van der Waals surface area contributed by atoms with E-state index in [4.69, 9.17) is 9.97 Å². The third-order valence-corrected chi connectivity index (χ3v) is 17.6. The van der Waals surface area contributed by atoms with E-state index >= 15 is 4.39 Å². The van der Waals surface area contributed by atoms with Crippen molar-refractivity contribution in [3.63, 3.8) is 0 Å². The molecule has 272 valence electrons. The molecule has 1 atom stereocenters. The van der Waals surface area contributed by atoms with Crippen LogP contribution < -0.4 is 25.6 Å². The van der Waals surface area contributed by atoms with Gasteiger partial charge >= 0.3 is 0 Å². The van der Waals surface area contributed by atoms with E-state index < -0.39 is 14.2 Å². The van der Waals surface area contributed by atoms with E-state index in [0.29, 0.717) is 11.1 Å². The Morgan fingerprint density at radius 2 is 1.33 bits per heavy atom. The van der Waals surface area contributed by atoms with Crippen LogP contribution in [0.3, 0.4) is 0 Å². The van der Waals surface area contributed by atoms with E-state index in [2.05, 4.69) is 131 Å². The number of benzene rings is 7. The number of nitrogens with zero attached hydrogens (tertiary/aromatic N) is 4. The molecule has 1 aliphatic heterocycles. The first-order valence-electron chi connectivity index (χ1n) is 19.2. The standard InChI is InChI=1S/C50H35FN4SSi/c1-54-40-23-10-9-22-39(40)53-50(54)35-16-14-15-33(31-35)48(51)34-26-29-45-42(32-34)55(46-25-12-13-30-52-46)41-27-28-44-47(38-21-8-11-24-43(38)56-44)49(41)57(45,36-17-4-2-5-18-36)37-19-6-3-7-20-37/h2-32,48H,1H3. The molecule has 7 aromatic carbocycles. The highest BCUT2D eigenvalue weighted by Gasteiger charge is 2.50. The van der Waals surface area contributed by atoms with Gasteiger partial charge in [-0.05, 0) is 86.5 Å². The summed E-state index contributed by atoms with van der Waals surface area (Å²) < 4.78 is 22.0. The van der Waals surface area contributed by atoms with Crippen molar-refractivity contribution in [1.82, 2.24) is 14.5 Å². The second-order valence-corrected chi connectivity index (χ2v) is 19.5. The summed E-state index contributed by atoms with van der Waals surface area (Å²) in [5.74, 6) is 1.60. The van der Waals surface area contributed by atoms with Crippen molar-refractivity contribution < 1.29 is 4.39 Å². The predicted molar refractivity (Wildman–Crippen MR) is 238 cm³/mol. The van der Waals surface area contributed by atoms with Crippen LogP contribution in [-0.2, 0) is 7.05 Å². The molecular formula is C50H35FN4SSi. The largest absolute Gasteiger partial charge is 0.327 e. The van der Waals surface area contributed by atoms with Gasteiger partial charge in [-0.3, -0.25) is 4.90 Å². The quantitative estimate of drug-likeness (QED) is 0.158. The second-order valence-electron chi connectivity index (χ2n) is 14.7. The van der Waals surface area contributed by atoms with Gasteiger partial charge in [0.2, 0.25) is 0 Å². The van der Waals surface area contributed by atoms with Gasteiger partial charge in [0, 0.05) is 50.4 Å². The molecule has 3 aromatic heterocycles. The van der Waals surface area contributed by atoms with Gasteiger partial charge in [-0.15, -0.1) is 11.3 Å². The first-order valence-corrected chi connectivity index (χ1v) is 22.0. The Bertz CT molecular complexity index is 3090. The number of alkyl halides is 1. The summed E-state index contributed by atoms with van der Waals surface area (Å²) in [7, 11) is -1.09. The van der Waals surface area contributed by atoms with Crippen molar-refractivity contribution in [1.29, 1.82) is 0 Å². The molecule has 1 unspecified atom stereocenters. The highest BCUT2D eigenvalue weighted by Crippen LogP contribution is 2.44. The van der Waals surface area contributed by atoms with Crippen LogP contribution in [0.25, 0.3) is 42.6 Å². The molecule has 4 nitrogen and oxygen atoms in total. The van der Waals surface area contributed by atoms with Crippen LogP contribution in [-0.4, -0.2) is 22.6 Å². The maximum Gasteiger partial charge on any atom is 0.184 e. The van der Waals surface area contributed by atoms with Crippen molar-refractivity contribution in [3.8, 4) is 11.4 Å². The van der Waals surface area contributed by atoms with Gasteiger partial charge in [0.1, 0.15) is 11.6 Å². The highest BCUT2D eigenvalue weighted by molar-refractivity contribution is 7.28. The number of hydrogen-bond acceptors (Lipinski definition) is 4. The normalized spacial score (nSPS) is 13.8. The van der Waals surface area contributed by atoms with E-state index in [-0.39, 0.29) is 0 Å². The number of rotatable bonds is 6. The Labute approximate surface area is 334 Å². The molecular weight excluding hydrogens is 736 g/mol. The molecule has 0 fully saturated rings. The molecule has 0 amide bonds. The fraction of sp³-hybridized carbons (Fsp3) is 0.0400. The van der Waals surface area contributed by atoms with Gasteiger partial charge < -0.3 is 4.57 Å². The maximum atomic E-state index is 17.4. The molecule has 0 aliphatic carbocycles. The zero-order valence-electron chi connectivity index (χ0n) is 31.1. The molecule has 7 heteroatoms. The van der Waals surface area contributed by atoms with Crippen LogP contribution in [0.2, 0.25) is 0 Å². The lowest BCUT2D eigenvalue weighted by atomic mass is 9.99. The maximum absolute atomic E-state index is 17.4. The predicted octanol–water partition coefficient (Wildman–Crippen LogP) is 10.2. The second kappa shape index (κ2) is 13.2. The number of imidazole rings is 1. The number of pyridine rings is 1. The fourth-order valence-corrected chi connectivity index (χ4v) is 15.7. The Kier molecular flexibility index (Phi) is 7.81. The average Bonchev–Trinajstić information content (AvgIpc) is 3.83. The summed E-state index contributed by atoms with van der Waals surface area (Å²) in [5.41, 5.74) is 6.03. The molecule has 11 rings (SSSR count). The minimum atomic E-state index is -3.11. The van der Waals surface area contributed by atoms with Crippen LogP contribution in [0.4, 0.5) is 21.6 Å². The van der Waals surface area contributed by atoms with Crippen molar-refractivity contribution in [2.45, 2.75) is 6.17 Å². The lowest BCUT2D eigenvalue weighted by molar-refractivity contribution is 0.402. The third-order valence-electron chi connectivity index (χ3n) is 11.6. The summed E-state index contributed by atoms with van der Waals surface area (Å²) >= 11 is 1.84. The molecule has 10 aromatic rings. The SMILES string of the molecule is Cn1c(-c2cccc(C(F)c3ccc4c(c3)N(c3ccccn3)c3ccc5sc6ccccc6c5c3[Si]4(c3ccccc3)c3ccccc3)c2)nc2ccccc21. The molecule has 0 saturated carbocycles. The smallest absolute Gasteiger partial charge is 0.184 e. The van der Waals surface area contributed by atoms with Crippen molar-refractivity contribution in [3.05, 3.63) is 199 Å². The summed E-state index contributed by atoms with van der Waals surface area (Å²) in [6.45, 7) is 0. The Morgan fingerprint density at radius 1 is 0.614 bits per heavy atom. The summed E-state index contributed by atoms with van der Waals surface area (Å²) in [4.78, 5) is 12.2. The number of aryl methyl sites for hydroxylation is 1. The number of thiophene rings is 1. The van der Waals surface area contributed by atoms with E-state index in [0.717, 1.165) is 39.6 Å². The van der Waals surface area contributed by atoms with Crippen molar-refractivity contribution >= 4 is 88.6 Å². The number of halogens is 1. The first kappa shape index (κ1) is 33.6. The van der Waals surface area contributed by atoms with Gasteiger partial charge in [-0.2, -0.15) is 0 Å². The number of fused-ring (bicyclic) bond motifs is 7. The molecule has 0 radical (unpaired) electrons. The average molecular weight is 771 g/mol. The summed E-state index contributed by atoms with van der Waals surface area (Å²) in [6.07, 6.45) is 0.458. The number of anilines is 3. The fourth-order valence-electron chi connectivity index (χ4n) is 9.15. The summed E-state index contributed by atoms with van der Waals surface area (Å²) in [6, 6.07) is 63.6. The highest BCUT2D eigenvalue weighted by atomic mass is 32.1. The Balaban J connectivity index is 1.19. The lowest BCUT2D eigenvalue weighted by Gasteiger charge is -2.45. The van der Waals surface area contributed by atoms with E-state index in [9.17, 15) is 0 Å². The summed E-state index contributed by atoms with van der Waals surface area (Å²) in [5, 5.41) is 7.62. The van der Waals surface area contributed by atoms with Gasteiger partial charge in [-0.1, -0.05) is 127 Å². The van der Waals surface area contributed by atoms with E-state index in [1.165, 1.54) is 40.9 Å². The van der Waals surface area contributed by atoms with Gasteiger partial charge in [0.25, 0.3) is 0 Å². The van der Waals surface area contributed by atoms with Gasteiger partial charge in [0.15, 0.2) is 14.2 Å². The van der Waals surface area contributed by atoms with Gasteiger partial charge in [0.05, 0.1) is 11.0 Å². The molecule has 0 bridgehead atoms. The zero-order valence-corrected chi connectivity index (χ0v) is 32.9. The minimum Gasteiger partial charge on any atom is -0.327 e. The molecule has 0 spiro atoms. The van der Waals surface area contributed by atoms with Crippen LogP contribution in [0, 0.1) is 0 Å². The van der Waals surface area contributed by atoms with Gasteiger partial charge in [-0.25, -0.2) is 14.4 Å². The van der Waals surface area contributed by atoms with Crippen LogP contribution >= 0.6 is 11.3 Å². The van der Waals surface area contributed by atoms with Crippen molar-refractivity contribution in [2.24, 2.45) is 7.05 Å². The third kappa shape index (κ3) is 5.09. The Hall–Kier alpha value is -6.67. The zero-order chi connectivity index (χ0) is 38.1. The van der Waals surface area contributed by atoms with E-state index in [1.54, 1.807) is 0 Å². The molecule has 0 N–H and O–H groups in total. The molecule has 4 heterocycles. The van der Waals surface area contributed by atoms with Crippen molar-refractivity contribution in [2.75, 3.05) is 4.90 Å². The molecule has 0 saturated heterocycles. The Morgan fingerprint density at radius 3 is 2.11 bits per heavy atom. The first-order chi connectivity index (χ1) is 28.1. The molecule has 1 aliphatic rings. The number of hydrogen-bond donors (Lipinski definition) is 0. The monoisotopic (exact) mass is 770 g/mol. The van der Waals surface area contributed by atoms with Crippen LogP contribution in [0.15, 0.2) is 188 Å². The number of para-hydroxylation sites is 2.